The number of fused-ring (bicyclic) bond motifs is 1. The van der Waals surface area contributed by atoms with Crippen molar-refractivity contribution in [3.05, 3.63) is 64.4 Å². The molecule has 0 bridgehead atoms. The van der Waals surface area contributed by atoms with E-state index in [1.807, 2.05) is 41.3 Å². The van der Waals surface area contributed by atoms with E-state index in [2.05, 4.69) is 9.88 Å². The monoisotopic (exact) mass is 412 g/mol. The van der Waals surface area contributed by atoms with Crippen molar-refractivity contribution < 1.29 is 9.59 Å². The maximum atomic E-state index is 13.3. The van der Waals surface area contributed by atoms with Crippen LogP contribution < -0.4 is 0 Å². The van der Waals surface area contributed by atoms with Gasteiger partial charge in [0, 0.05) is 64.0 Å². The predicted octanol–water partition coefficient (Wildman–Crippen LogP) is 2.53. The maximum Gasteiger partial charge on any atom is 0.233 e. The highest BCUT2D eigenvalue weighted by atomic mass is 35.5. The van der Waals surface area contributed by atoms with Crippen LogP contribution in [0.15, 0.2) is 42.6 Å². The molecular weight excluding hydrogens is 388 g/mol. The van der Waals surface area contributed by atoms with Crippen LogP contribution in [-0.4, -0.2) is 64.2 Å². The molecule has 3 heterocycles. The van der Waals surface area contributed by atoms with E-state index in [0.29, 0.717) is 26.2 Å². The third kappa shape index (κ3) is 4.43. The Balaban J connectivity index is 1.41. The number of rotatable bonds is 3. The van der Waals surface area contributed by atoms with Crippen LogP contribution >= 0.6 is 11.6 Å². The summed E-state index contributed by atoms with van der Waals surface area (Å²) in [5, 5.41) is 0.741. The van der Waals surface area contributed by atoms with Crippen molar-refractivity contribution >= 4 is 23.4 Å². The highest BCUT2D eigenvalue weighted by Crippen LogP contribution is 2.28. The van der Waals surface area contributed by atoms with Crippen LogP contribution in [0.2, 0.25) is 5.02 Å². The second kappa shape index (κ2) is 8.51. The zero-order valence-electron chi connectivity index (χ0n) is 16.6. The van der Waals surface area contributed by atoms with Crippen molar-refractivity contribution in [2.24, 2.45) is 0 Å². The fourth-order valence-corrected chi connectivity index (χ4v) is 4.23. The summed E-state index contributed by atoms with van der Waals surface area (Å²) in [4.78, 5) is 35.7. The molecule has 1 unspecified atom stereocenters. The van der Waals surface area contributed by atoms with Gasteiger partial charge in [-0.1, -0.05) is 29.8 Å². The molecule has 152 valence electrons. The number of carbonyl (C=O) groups excluding carboxylic acids is 2. The van der Waals surface area contributed by atoms with E-state index in [-0.39, 0.29) is 17.7 Å². The van der Waals surface area contributed by atoms with Crippen LogP contribution in [0.3, 0.4) is 0 Å². The number of nitrogens with zero attached hydrogens (tertiary/aromatic N) is 4. The third-order valence-corrected chi connectivity index (χ3v) is 6.02. The summed E-state index contributed by atoms with van der Waals surface area (Å²) in [6, 6.07) is 11.7. The Kier molecular flexibility index (Phi) is 5.83. The normalized spacial score (nSPS) is 19.7. The molecule has 0 aliphatic carbocycles. The average molecular weight is 413 g/mol. The van der Waals surface area contributed by atoms with E-state index < -0.39 is 0 Å². The minimum atomic E-state index is -0.383. The summed E-state index contributed by atoms with van der Waals surface area (Å²) in [7, 11) is 0. The van der Waals surface area contributed by atoms with Gasteiger partial charge in [0.25, 0.3) is 0 Å². The standard InChI is InChI=1S/C22H25ClN4O2/c1-16(28)27-14-18-3-2-8-24-21(18)20(15-27)22(29)26-11-9-25(10-12-26)13-17-4-6-19(23)7-5-17/h2-8,20H,9-15H2,1H3. The van der Waals surface area contributed by atoms with Gasteiger partial charge in [-0.3, -0.25) is 19.5 Å². The smallest absolute Gasteiger partial charge is 0.233 e. The highest BCUT2D eigenvalue weighted by Gasteiger charge is 2.36. The number of aromatic nitrogens is 1. The molecule has 6 nitrogen and oxygen atoms in total. The molecule has 2 aliphatic rings. The average Bonchev–Trinajstić information content (AvgIpc) is 2.74. The molecule has 2 aromatic rings. The molecule has 1 aromatic carbocycles. The number of hydrogen-bond donors (Lipinski definition) is 0. The van der Waals surface area contributed by atoms with Crippen molar-refractivity contribution in [1.82, 2.24) is 19.7 Å². The Bertz CT molecular complexity index is 894. The van der Waals surface area contributed by atoms with E-state index >= 15 is 0 Å². The Morgan fingerprint density at radius 3 is 2.48 bits per heavy atom. The van der Waals surface area contributed by atoms with Gasteiger partial charge in [0.05, 0.1) is 11.6 Å². The largest absolute Gasteiger partial charge is 0.339 e. The lowest BCUT2D eigenvalue weighted by atomic mass is 9.93. The number of piperazine rings is 1. The Hall–Kier alpha value is -2.44. The van der Waals surface area contributed by atoms with E-state index in [1.54, 1.807) is 18.0 Å². The summed E-state index contributed by atoms with van der Waals surface area (Å²) in [6.45, 7) is 6.36. The van der Waals surface area contributed by atoms with Gasteiger partial charge in [0.1, 0.15) is 0 Å². The predicted molar refractivity (Wildman–Crippen MR) is 111 cm³/mol. The van der Waals surface area contributed by atoms with Crippen LogP contribution in [0.5, 0.6) is 0 Å². The minimum Gasteiger partial charge on any atom is -0.339 e. The lowest BCUT2D eigenvalue weighted by molar-refractivity contribution is -0.137. The fourth-order valence-electron chi connectivity index (χ4n) is 4.11. The molecule has 7 heteroatoms. The molecule has 0 radical (unpaired) electrons. The maximum absolute atomic E-state index is 13.3. The zero-order chi connectivity index (χ0) is 20.4. The third-order valence-electron chi connectivity index (χ3n) is 5.77. The second-order valence-corrected chi connectivity index (χ2v) is 8.16. The first kappa shape index (κ1) is 19.9. The molecule has 0 saturated carbocycles. The molecule has 0 spiro atoms. The molecule has 1 fully saturated rings. The second-order valence-electron chi connectivity index (χ2n) is 7.73. The van der Waals surface area contributed by atoms with Gasteiger partial charge in [0.15, 0.2) is 0 Å². The van der Waals surface area contributed by atoms with Crippen LogP contribution in [0, 0.1) is 0 Å². The van der Waals surface area contributed by atoms with Gasteiger partial charge < -0.3 is 9.80 Å². The van der Waals surface area contributed by atoms with Gasteiger partial charge in [-0.05, 0) is 29.3 Å². The molecular formula is C22H25ClN4O2. The van der Waals surface area contributed by atoms with Gasteiger partial charge in [-0.15, -0.1) is 0 Å². The number of amides is 2. The van der Waals surface area contributed by atoms with Crippen LogP contribution in [0.4, 0.5) is 0 Å². The fraction of sp³-hybridized carbons (Fsp3) is 0.409. The summed E-state index contributed by atoms with van der Waals surface area (Å²) in [6.07, 6.45) is 1.73. The first-order valence-corrected chi connectivity index (χ1v) is 10.3. The van der Waals surface area contributed by atoms with E-state index in [9.17, 15) is 9.59 Å². The topological polar surface area (TPSA) is 56.8 Å². The van der Waals surface area contributed by atoms with Gasteiger partial charge >= 0.3 is 0 Å². The number of hydrogen-bond acceptors (Lipinski definition) is 4. The molecule has 4 rings (SSSR count). The molecule has 2 amide bonds. The van der Waals surface area contributed by atoms with E-state index in [1.165, 1.54) is 5.56 Å². The molecule has 0 N–H and O–H groups in total. The van der Waals surface area contributed by atoms with Crippen LogP contribution in [-0.2, 0) is 22.7 Å². The number of carbonyl (C=O) groups is 2. The summed E-state index contributed by atoms with van der Waals surface area (Å²) in [5.41, 5.74) is 3.00. The van der Waals surface area contributed by atoms with Gasteiger partial charge in [-0.2, -0.15) is 0 Å². The van der Waals surface area contributed by atoms with Crippen molar-refractivity contribution in [2.45, 2.75) is 25.9 Å². The van der Waals surface area contributed by atoms with E-state index in [4.69, 9.17) is 11.6 Å². The Morgan fingerprint density at radius 2 is 1.79 bits per heavy atom. The van der Waals surface area contributed by atoms with Crippen molar-refractivity contribution in [1.29, 1.82) is 0 Å². The molecule has 29 heavy (non-hydrogen) atoms. The van der Waals surface area contributed by atoms with Gasteiger partial charge in [-0.25, -0.2) is 0 Å². The van der Waals surface area contributed by atoms with Gasteiger partial charge in [0.2, 0.25) is 11.8 Å². The zero-order valence-corrected chi connectivity index (χ0v) is 17.3. The number of pyridine rings is 1. The SMILES string of the molecule is CC(=O)N1Cc2cccnc2C(C(=O)N2CCN(Cc3ccc(Cl)cc3)CC2)C1. The highest BCUT2D eigenvalue weighted by molar-refractivity contribution is 6.30. The first-order valence-electron chi connectivity index (χ1n) is 9.96. The molecule has 2 aliphatic heterocycles. The van der Waals surface area contributed by atoms with Crippen LogP contribution in [0.25, 0.3) is 0 Å². The number of benzene rings is 1. The Labute approximate surface area is 176 Å². The van der Waals surface area contributed by atoms with E-state index in [0.717, 1.165) is 35.9 Å². The van der Waals surface area contributed by atoms with Crippen molar-refractivity contribution in [3.63, 3.8) is 0 Å². The number of halogens is 1. The van der Waals surface area contributed by atoms with Crippen molar-refractivity contribution in [2.75, 3.05) is 32.7 Å². The lowest BCUT2D eigenvalue weighted by Crippen LogP contribution is -2.52. The quantitative estimate of drug-likeness (QED) is 0.777. The minimum absolute atomic E-state index is 0.00918. The summed E-state index contributed by atoms with van der Waals surface area (Å²) in [5.74, 6) is -0.321. The first-order chi connectivity index (χ1) is 14.0. The van der Waals surface area contributed by atoms with Crippen LogP contribution in [0.1, 0.15) is 29.7 Å². The van der Waals surface area contributed by atoms with Crippen molar-refractivity contribution in [3.8, 4) is 0 Å². The summed E-state index contributed by atoms with van der Waals surface area (Å²) >= 11 is 5.96. The Morgan fingerprint density at radius 1 is 1.07 bits per heavy atom. The molecule has 1 aromatic heterocycles. The lowest BCUT2D eigenvalue weighted by Gasteiger charge is -2.39. The molecule has 1 atom stereocenters. The molecule has 1 saturated heterocycles. The summed E-state index contributed by atoms with van der Waals surface area (Å²) < 4.78 is 0.